The number of aromatic nitrogens is 1. The van der Waals surface area contributed by atoms with Gasteiger partial charge in [0.15, 0.2) is 0 Å². The van der Waals surface area contributed by atoms with Gasteiger partial charge in [-0.2, -0.15) is 13.2 Å². The third kappa shape index (κ3) is 3.58. The topological polar surface area (TPSA) is 53.4 Å². The van der Waals surface area contributed by atoms with Gasteiger partial charge in [0.2, 0.25) is 5.91 Å². The largest absolute Gasteiger partial charge is 0.416 e. The van der Waals surface area contributed by atoms with Crippen LogP contribution in [0.1, 0.15) is 43.9 Å². The molecule has 0 saturated carbocycles. The highest BCUT2D eigenvalue weighted by Gasteiger charge is 2.38. The Morgan fingerprint density at radius 1 is 1.41 bits per heavy atom. The molecule has 1 saturated heterocycles. The van der Waals surface area contributed by atoms with Crippen molar-refractivity contribution in [2.75, 3.05) is 13.1 Å². The molecule has 122 valence electrons. The molecule has 0 unspecified atom stereocenters. The number of hydrogen-bond acceptors (Lipinski definition) is 3. The van der Waals surface area contributed by atoms with E-state index in [9.17, 15) is 23.1 Å². The van der Waals surface area contributed by atoms with Crippen molar-refractivity contribution in [1.29, 1.82) is 0 Å². The molecule has 1 amide bonds. The predicted molar refractivity (Wildman–Crippen MR) is 73.9 cm³/mol. The van der Waals surface area contributed by atoms with Crippen molar-refractivity contribution in [2.45, 2.75) is 44.4 Å². The maximum atomic E-state index is 12.8. The fourth-order valence-electron chi connectivity index (χ4n) is 2.62. The molecule has 0 spiro atoms. The fourth-order valence-corrected chi connectivity index (χ4v) is 2.62. The summed E-state index contributed by atoms with van der Waals surface area (Å²) in [6.07, 6.45) is -1.83. The third-order valence-corrected chi connectivity index (χ3v) is 3.97. The van der Waals surface area contributed by atoms with Crippen LogP contribution in [0.5, 0.6) is 0 Å². The van der Waals surface area contributed by atoms with E-state index in [2.05, 4.69) is 4.98 Å². The molecule has 1 aliphatic heterocycles. The van der Waals surface area contributed by atoms with E-state index >= 15 is 0 Å². The van der Waals surface area contributed by atoms with Crippen LogP contribution in [-0.2, 0) is 16.6 Å². The first-order valence-corrected chi connectivity index (χ1v) is 7.30. The van der Waals surface area contributed by atoms with E-state index < -0.39 is 17.3 Å². The van der Waals surface area contributed by atoms with E-state index in [4.69, 9.17) is 0 Å². The molecule has 0 atom stereocenters. The number of carbonyl (C=O) groups excluding carboxylic acids is 1. The number of nitrogens with zero attached hydrogens (tertiary/aromatic N) is 2. The molecule has 0 bridgehead atoms. The molecule has 2 rings (SSSR count). The Morgan fingerprint density at radius 2 is 2.05 bits per heavy atom. The molecule has 1 aliphatic rings. The van der Waals surface area contributed by atoms with E-state index in [1.54, 1.807) is 4.90 Å². The minimum Gasteiger partial charge on any atom is -0.383 e. The van der Waals surface area contributed by atoms with E-state index in [-0.39, 0.29) is 24.4 Å². The number of piperidine rings is 1. The summed E-state index contributed by atoms with van der Waals surface area (Å²) in [5, 5.41) is 10.6. The van der Waals surface area contributed by atoms with Gasteiger partial charge in [-0.25, -0.2) is 0 Å². The van der Waals surface area contributed by atoms with Crippen LogP contribution in [0.4, 0.5) is 13.2 Å². The molecule has 4 nitrogen and oxygen atoms in total. The molecular weight excluding hydrogens is 297 g/mol. The van der Waals surface area contributed by atoms with E-state index in [0.717, 1.165) is 24.8 Å². The van der Waals surface area contributed by atoms with Gasteiger partial charge in [-0.3, -0.25) is 9.78 Å². The van der Waals surface area contributed by atoms with Crippen molar-refractivity contribution in [3.63, 3.8) is 0 Å². The SMILES string of the molecule is CCCC(=O)N1CCC(O)(c2cc(C(F)(F)F)ccn2)CC1. The average Bonchev–Trinajstić information content (AvgIpc) is 2.47. The minimum absolute atomic E-state index is 0.0153. The van der Waals surface area contributed by atoms with Crippen LogP contribution in [0.3, 0.4) is 0 Å². The number of carbonyl (C=O) groups is 1. The van der Waals surface area contributed by atoms with E-state index in [0.29, 0.717) is 19.5 Å². The van der Waals surface area contributed by atoms with Gasteiger partial charge in [0.1, 0.15) is 5.60 Å². The van der Waals surface area contributed by atoms with Gasteiger partial charge in [-0.15, -0.1) is 0 Å². The smallest absolute Gasteiger partial charge is 0.383 e. The summed E-state index contributed by atoms with van der Waals surface area (Å²) >= 11 is 0. The monoisotopic (exact) mass is 316 g/mol. The van der Waals surface area contributed by atoms with Crippen LogP contribution in [0.25, 0.3) is 0 Å². The van der Waals surface area contributed by atoms with Gasteiger partial charge in [0.05, 0.1) is 11.3 Å². The lowest BCUT2D eigenvalue weighted by Crippen LogP contribution is -2.45. The number of likely N-dealkylation sites (tertiary alicyclic amines) is 1. The number of pyridine rings is 1. The quantitative estimate of drug-likeness (QED) is 0.933. The van der Waals surface area contributed by atoms with Gasteiger partial charge >= 0.3 is 6.18 Å². The highest BCUT2D eigenvalue weighted by atomic mass is 19.4. The van der Waals surface area contributed by atoms with Crippen molar-refractivity contribution in [2.24, 2.45) is 0 Å². The lowest BCUT2D eigenvalue weighted by molar-refractivity contribution is -0.138. The summed E-state index contributed by atoms with van der Waals surface area (Å²) in [6.45, 7) is 2.56. The highest BCUT2D eigenvalue weighted by molar-refractivity contribution is 5.76. The van der Waals surface area contributed by atoms with Crippen molar-refractivity contribution in [1.82, 2.24) is 9.88 Å². The summed E-state index contributed by atoms with van der Waals surface area (Å²) in [4.78, 5) is 17.4. The molecule has 1 N–H and O–H groups in total. The fraction of sp³-hybridized carbons (Fsp3) is 0.600. The van der Waals surface area contributed by atoms with Gasteiger partial charge in [0, 0.05) is 25.7 Å². The van der Waals surface area contributed by atoms with Crippen molar-refractivity contribution in [3.8, 4) is 0 Å². The Bertz CT molecular complexity index is 538. The van der Waals surface area contributed by atoms with Crippen LogP contribution in [-0.4, -0.2) is 34.0 Å². The molecule has 22 heavy (non-hydrogen) atoms. The van der Waals surface area contributed by atoms with Gasteiger partial charge in [0.25, 0.3) is 0 Å². The second-order valence-corrected chi connectivity index (χ2v) is 5.59. The normalized spacial score (nSPS) is 18.3. The average molecular weight is 316 g/mol. The summed E-state index contributed by atoms with van der Waals surface area (Å²) in [5.74, 6) is 0.0153. The van der Waals surface area contributed by atoms with Crippen molar-refractivity contribution >= 4 is 5.91 Å². The Morgan fingerprint density at radius 3 is 2.59 bits per heavy atom. The molecule has 0 aromatic carbocycles. The minimum atomic E-state index is -4.47. The Labute approximate surface area is 127 Å². The lowest BCUT2D eigenvalue weighted by atomic mass is 9.87. The van der Waals surface area contributed by atoms with Crippen LogP contribution in [0, 0.1) is 0 Å². The standard InChI is InChI=1S/C15H19F3N2O2/c1-2-3-13(21)20-8-5-14(22,6-9-20)12-10-11(4-7-19-12)15(16,17)18/h4,7,10,22H,2-3,5-6,8-9H2,1H3. The Balaban J connectivity index is 2.12. The number of alkyl halides is 3. The molecule has 0 radical (unpaired) electrons. The second-order valence-electron chi connectivity index (χ2n) is 5.59. The van der Waals surface area contributed by atoms with E-state index in [1.165, 1.54) is 0 Å². The second kappa shape index (κ2) is 6.24. The zero-order valence-corrected chi connectivity index (χ0v) is 12.4. The van der Waals surface area contributed by atoms with E-state index in [1.807, 2.05) is 6.92 Å². The number of rotatable bonds is 3. The van der Waals surface area contributed by atoms with Crippen molar-refractivity contribution < 1.29 is 23.1 Å². The summed E-state index contributed by atoms with van der Waals surface area (Å²) < 4.78 is 38.3. The lowest BCUT2D eigenvalue weighted by Gasteiger charge is -2.38. The van der Waals surface area contributed by atoms with Crippen LogP contribution in [0.2, 0.25) is 0 Å². The van der Waals surface area contributed by atoms with Gasteiger partial charge in [-0.05, 0) is 31.4 Å². The summed E-state index contributed by atoms with van der Waals surface area (Å²) in [7, 11) is 0. The van der Waals surface area contributed by atoms with Gasteiger partial charge < -0.3 is 10.0 Å². The number of aliphatic hydroxyl groups is 1. The van der Waals surface area contributed by atoms with Crippen LogP contribution < -0.4 is 0 Å². The van der Waals surface area contributed by atoms with Crippen LogP contribution >= 0.6 is 0 Å². The summed E-state index contributed by atoms with van der Waals surface area (Å²) in [6, 6.07) is 1.77. The molecule has 1 aromatic rings. The Hall–Kier alpha value is -1.63. The van der Waals surface area contributed by atoms with Gasteiger partial charge in [-0.1, -0.05) is 6.92 Å². The molecule has 1 aromatic heterocycles. The Kier molecular flexibility index (Phi) is 4.75. The zero-order valence-electron chi connectivity index (χ0n) is 12.4. The summed E-state index contributed by atoms with van der Waals surface area (Å²) in [5.41, 5.74) is -2.22. The predicted octanol–water partition coefficient (Wildman–Crippen LogP) is 2.71. The number of hydrogen-bond donors (Lipinski definition) is 1. The maximum Gasteiger partial charge on any atom is 0.416 e. The first-order chi connectivity index (χ1) is 10.3. The maximum absolute atomic E-state index is 12.8. The molecule has 2 heterocycles. The molecule has 7 heteroatoms. The third-order valence-electron chi connectivity index (χ3n) is 3.97. The molecule has 1 fully saturated rings. The zero-order chi connectivity index (χ0) is 16.4. The van der Waals surface area contributed by atoms with Crippen LogP contribution in [0.15, 0.2) is 18.3 Å². The van der Waals surface area contributed by atoms with Crippen molar-refractivity contribution in [3.05, 3.63) is 29.6 Å². The number of halogens is 3. The number of amides is 1. The highest BCUT2D eigenvalue weighted by Crippen LogP contribution is 2.35. The molecule has 0 aliphatic carbocycles. The first kappa shape index (κ1) is 16.7. The molecular formula is C15H19F3N2O2. The first-order valence-electron chi connectivity index (χ1n) is 7.30.